The Morgan fingerprint density at radius 2 is 1.95 bits per heavy atom. The average Bonchev–Trinajstić information content (AvgIpc) is 2.65. The molecule has 118 valence electrons. The highest BCUT2D eigenvalue weighted by atomic mass is 16.4. The number of carboxylic acids is 1. The van der Waals surface area contributed by atoms with Crippen molar-refractivity contribution in [2.75, 3.05) is 5.73 Å². The topological polar surface area (TPSA) is 81.1 Å². The van der Waals surface area contributed by atoms with Crippen molar-refractivity contribution >= 4 is 11.7 Å². The Bertz CT molecular complexity index is 711. The van der Waals surface area contributed by atoms with Crippen molar-refractivity contribution in [1.29, 1.82) is 0 Å². The summed E-state index contributed by atoms with van der Waals surface area (Å²) in [5, 5.41) is 14.2. The van der Waals surface area contributed by atoms with E-state index >= 15 is 0 Å². The number of aromatic nitrogens is 2. The summed E-state index contributed by atoms with van der Waals surface area (Å²) in [5.74, 6) is -1.44. The van der Waals surface area contributed by atoms with Crippen molar-refractivity contribution in [3.05, 3.63) is 41.2 Å². The van der Waals surface area contributed by atoms with E-state index in [2.05, 4.69) is 5.10 Å². The normalized spacial score (nSPS) is 13.1. The lowest BCUT2D eigenvalue weighted by Crippen LogP contribution is -2.27. The first-order chi connectivity index (χ1) is 10.1. The summed E-state index contributed by atoms with van der Waals surface area (Å²) in [7, 11) is 0. The van der Waals surface area contributed by atoms with Crippen LogP contribution in [0.15, 0.2) is 24.3 Å². The van der Waals surface area contributed by atoms with E-state index in [4.69, 9.17) is 5.73 Å². The monoisotopic (exact) mass is 301 g/mol. The molecule has 22 heavy (non-hydrogen) atoms. The lowest BCUT2D eigenvalue weighted by molar-refractivity contribution is -0.141. The van der Waals surface area contributed by atoms with Crippen LogP contribution in [0, 0.1) is 19.3 Å². The minimum atomic E-state index is -0.828. The van der Waals surface area contributed by atoms with Gasteiger partial charge in [-0.05, 0) is 37.5 Å². The molecule has 0 aliphatic carbocycles. The molecule has 1 aromatic carbocycles. The number of nitrogen functional groups attached to an aromatic ring is 1. The second kappa shape index (κ2) is 5.48. The third-order valence-corrected chi connectivity index (χ3v) is 3.86. The van der Waals surface area contributed by atoms with Crippen LogP contribution in [0.2, 0.25) is 0 Å². The van der Waals surface area contributed by atoms with E-state index in [0.717, 1.165) is 22.6 Å². The van der Waals surface area contributed by atoms with E-state index in [9.17, 15) is 9.90 Å². The van der Waals surface area contributed by atoms with Crippen LogP contribution >= 0.6 is 0 Å². The molecule has 0 saturated heterocycles. The van der Waals surface area contributed by atoms with E-state index in [0.29, 0.717) is 5.69 Å². The van der Waals surface area contributed by atoms with E-state index in [1.165, 1.54) is 0 Å². The van der Waals surface area contributed by atoms with Crippen molar-refractivity contribution in [3.63, 3.8) is 0 Å². The van der Waals surface area contributed by atoms with Gasteiger partial charge in [-0.3, -0.25) is 4.79 Å². The van der Waals surface area contributed by atoms with Gasteiger partial charge in [-0.15, -0.1) is 0 Å². The molecule has 1 atom stereocenters. The molecule has 0 radical (unpaired) electrons. The van der Waals surface area contributed by atoms with Crippen LogP contribution in [0.4, 0.5) is 5.69 Å². The third-order valence-electron chi connectivity index (χ3n) is 3.86. The number of rotatable bonds is 3. The first-order valence-corrected chi connectivity index (χ1v) is 7.27. The first-order valence-electron chi connectivity index (χ1n) is 7.27. The number of anilines is 1. The molecule has 0 aliphatic rings. The maximum Gasteiger partial charge on any atom is 0.311 e. The Balaban J connectivity index is 2.63. The minimum Gasteiger partial charge on any atom is -0.481 e. The van der Waals surface area contributed by atoms with Crippen LogP contribution < -0.4 is 5.73 Å². The lowest BCUT2D eigenvalue weighted by atomic mass is 9.75. The molecule has 5 nitrogen and oxygen atoms in total. The van der Waals surface area contributed by atoms with Gasteiger partial charge in [-0.25, -0.2) is 4.68 Å². The molecule has 1 heterocycles. The van der Waals surface area contributed by atoms with E-state index in [1.807, 2.05) is 58.9 Å². The molecule has 0 amide bonds. The highest BCUT2D eigenvalue weighted by Gasteiger charge is 2.36. The maximum absolute atomic E-state index is 11.8. The summed E-state index contributed by atoms with van der Waals surface area (Å²) < 4.78 is 1.77. The summed E-state index contributed by atoms with van der Waals surface area (Å²) in [6.07, 6.45) is 0. The number of hydrogen-bond acceptors (Lipinski definition) is 3. The van der Waals surface area contributed by atoms with Crippen molar-refractivity contribution in [2.45, 2.75) is 40.5 Å². The van der Waals surface area contributed by atoms with Crippen molar-refractivity contribution in [1.82, 2.24) is 9.78 Å². The summed E-state index contributed by atoms with van der Waals surface area (Å²) in [6.45, 7) is 9.56. The zero-order chi connectivity index (χ0) is 16.7. The Hall–Kier alpha value is -2.30. The van der Waals surface area contributed by atoms with E-state index in [1.54, 1.807) is 4.68 Å². The van der Waals surface area contributed by atoms with Crippen LogP contribution in [0.25, 0.3) is 5.69 Å². The minimum absolute atomic E-state index is 0.398. The molecule has 0 bridgehead atoms. The Morgan fingerprint density at radius 3 is 2.45 bits per heavy atom. The molecule has 0 fully saturated rings. The quantitative estimate of drug-likeness (QED) is 0.852. The number of aliphatic carboxylic acids is 1. The first kappa shape index (κ1) is 16.1. The Morgan fingerprint density at radius 1 is 1.32 bits per heavy atom. The number of nitrogens with zero attached hydrogens (tertiary/aromatic N) is 2. The second-order valence-electron chi connectivity index (χ2n) is 6.73. The Labute approximate surface area is 130 Å². The van der Waals surface area contributed by atoms with Crippen LogP contribution in [0.3, 0.4) is 0 Å². The molecule has 0 saturated carbocycles. The summed E-state index contributed by atoms with van der Waals surface area (Å²) in [4.78, 5) is 11.8. The zero-order valence-electron chi connectivity index (χ0n) is 13.7. The molecule has 2 rings (SSSR count). The molecule has 5 heteroatoms. The highest BCUT2D eigenvalue weighted by molar-refractivity contribution is 5.78. The smallest absolute Gasteiger partial charge is 0.311 e. The predicted molar refractivity (Wildman–Crippen MR) is 87.3 cm³/mol. The predicted octanol–water partition coefficient (Wildman–Crippen LogP) is 3.29. The average molecular weight is 301 g/mol. The highest BCUT2D eigenvalue weighted by Crippen LogP contribution is 2.38. The van der Waals surface area contributed by atoms with Gasteiger partial charge in [0.25, 0.3) is 0 Å². The fourth-order valence-electron chi connectivity index (χ4n) is 2.91. The molecule has 1 aromatic heterocycles. The SMILES string of the molecule is Cc1nn(-c2cccc(N)c2)c(C)c1C(C(=O)O)C(C)(C)C. The molecule has 2 aromatic rings. The maximum atomic E-state index is 11.8. The second-order valence-corrected chi connectivity index (χ2v) is 6.73. The number of nitrogens with two attached hydrogens (primary N) is 1. The molecule has 3 N–H and O–H groups in total. The molecule has 1 unspecified atom stereocenters. The largest absolute Gasteiger partial charge is 0.481 e. The van der Waals surface area contributed by atoms with Gasteiger partial charge in [0.1, 0.15) is 0 Å². The van der Waals surface area contributed by atoms with Gasteiger partial charge in [0.2, 0.25) is 0 Å². The van der Waals surface area contributed by atoms with Crippen molar-refractivity contribution in [2.24, 2.45) is 5.41 Å². The standard InChI is InChI=1S/C17H23N3O2/c1-10-14(15(16(21)22)17(3,4)5)11(2)20(19-10)13-8-6-7-12(18)9-13/h6-9,15H,18H2,1-5H3,(H,21,22). The van der Waals surface area contributed by atoms with Crippen molar-refractivity contribution < 1.29 is 9.90 Å². The summed E-state index contributed by atoms with van der Waals surface area (Å²) >= 11 is 0. The van der Waals surface area contributed by atoms with Gasteiger partial charge >= 0.3 is 5.97 Å². The summed E-state index contributed by atoms with van der Waals surface area (Å²) in [5.41, 5.74) is 9.28. The van der Waals surface area contributed by atoms with Gasteiger partial charge in [0.05, 0.1) is 17.3 Å². The number of aryl methyl sites for hydroxylation is 1. The molecule has 0 aliphatic heterocycles. The number of carboxylic acid groups (broad SMARTS) is 1. The van der Waals surface area contributed by atoms with Crippen molar-refractivity contribution in [3.8, 4) is 5.69 Å². The fourth-order valence-corrected chi connectivity index (χ4v) is 2.91. The van der Waals surface area contributed by atoms with Gasteiger partial charge < -0.3 is 10.8 Å². The number of carbonyl (C=O) groups is 1. The van der Waals surface area contributed by atoms with Crippen LogP contribution in [-0.4, -0.2) is 20.9 Å². The molecular formula is C17H23N3O2. The number of hydrogen-bond donors (Lipinski definition) is 2. The van der Waals surface area contributed by atoms with Gasteiger partial charge in [0.15, 0.2) is 0 Å². The van der Waals surface area contributed by atoms with Crippen LogP contribution in [0.1, 0.15) is 43.6 Å². The Kier molecular flexibility index (Phi) is 4.00. The number of benzene rings is 1. The zero-order valence-corrected chi connectivity index (χ0v) is 13.7. The van der Waals surface area contributed by atoms with Crippen LogP contribution in [-0.2, 0) is 4.79 Å². The van der Waals surface area contributed by atoms with E-state index < -0.39 is 17.3 Å². The van der Waals surface area contributed by atoms with E-state index in [-0.39, 0.29) is 0 Å². The fraction of sp³-hybridized carbons (Fsp3) is 0.412. The molecular weight excluding hydrogens is 278 g/mol. The summed E-state index contributed by atoms with van der Waals surface area (Å²) in [6, 6.07) is 7.41. The third kappa shape index (κ3) is 2.84. The van der Waals surface area contributed by atoms with Crippen LogP contribution in [0.5, 0.6) is 0 Å². The van der Waals surface area contributed by atoms with Gasteiger partial charge in [-0.2, -0.15) is 5.10 Å². The van der Waals surface area contributed by atoms with Gasteiger partial charge in [-0.1, -0.05) is 26.8 Å². The molecule has 0 spiro atoms. The lowest BCUT2D eigenvalue weighted by Gasteiger charge is -2.27. The van der Waals surface area contributed by atoms with Gasteiger partial charge in [0, 0.05) is 16.9 Å².